The molecule has 1 rings (SSSR count). The molecule has 1 saturated heterocycles. The molecule has 2 unspecified atom stereocenters. The van der Waals surface area contributed by atoms with E-state index >= 15 is 0 Å². The molecule has 0 radical (unpaired) electrons. The van der Waals surface area contributed by atoms with E-state index in [1.54, 1.807) is 0 Å². The lowest BCUT2D eigenvalue weighted by Gasteiger charge is -2.38. The third-order valence-electron chi connectivity index (χ3n) is 4.17. The maximum Gasteiger partial charge on any atom is 0.00940 e. The van der Waals surface area contributed by atoms with Crippen molar-refractivity contribution in [3.05, 3.63) is 0 Å². The van der Waals surface area contributed by atoms with E-state index in [-0.39, 0.29) is 0 Å². The van der Waals surface area contributed by atoms with E-state index in [0.29, 0.717) is 0 Å². The molecule has 2 atom stereocenters. The molecular weight excluding hydrogens is 220 g/mol. The van der Waals surface area contributed by atoms with E-state index in [0.717, 1.165) is 18.0 Å². The summed E-state index contributed by atoms with van der Waals surface area (Å²) < 4.78 is 0. The van der Waals surface area contributed by atoms with E-state index in [1.807, 2.05) is 0 Å². The summed E-state index contributed by atoms with van der Waals surface area (Å²) in [4.78, 5) is 2.70. The Bertz CT molecular complexity index is 203. The Morgan fingerprint density at radius 3 is 2.67 bits per heavy atom. The first kappa shape index (κ1) is 16.0. The van der Waals surface area contributed by atoms with Gasteiger partial charge in [0.05, 0.1) is 0 Å². The van der Waals surface area contributed by atoms with Crippen LogP contribution < -0.4 is 5.32 Å². The SMILES string of the molecule is CCCNC1CCN(CCCCC(C)C)C(C)C1. The van der Waals surface area contributed by atoms with Crippen molar-refractivity contribution in [2.75, 3.05) is 19.6 Å². The van der Waals surface area contributed by atoms with Crippen molar-refractivity contribution in [3.63, 3.8) is 0 Å². The molecule has 2 nitrogen and oxygen atoms in total. The highest BCUT2D eigenvalue weighted by Crippen LogP contribution is 2.18. The molecule has 1 aliphatic rings. The summed E-state index contributed by atoms with van der Waals surface area (Å²) in [5, 5.41) is 3.68. The first-order chi connectivity index (χ1) is 8.63. The van der Waals surface area contributed by atoms with Crippen molar-refractivity contribution in [1.29, 1.82) is 0 Å². The van der Waals surface area contributed by atoms with Crippen LogP contribution in [0.25, 0.3) is 0 Å². The van der Waals surface area contributed by atoms with Crippen LogP contribution in [0.15, 0.2) is 0 Å². The average molecular weight is 254 g/mol. The van der Waals surface area contributed by atoms with E-state index < -0.39 is 0 Å². The van der Waals surface area contributed by atoms with Crippen molar-refractivity contribution in [2.45, 2.75) is 78.3 Å². The Balaban J connectivity index is 2.13. The van der Waals surface area contributed by atoms with Crippen LogP contribution in [0.5, 0.6) is 0 Å². The Morgan fingerprint density at radius 1 is 1.28 bits per heavy atom. The predicted octanol–water partition coefficient (Wildman–Crippen LogP) is 3.67. The number of rotatable bonds is 8. The average Bonchev–Trinajstić information content (AvgIpc) is 2.33. The van der Waals surface area contributed by atoms with Crippen LogP contribution in [0, 0.1) is 5.92 Å². The molecule has 0 saturated carbocycles. The van der Waals surface area contributed by atoms with Crippen molar-refractivity contribution < 1.29 is 0 Å². The molecule has 108 valence electrons. The molecule has 0 aromatic rings. The Morgan fingerprint density at radius 2 is 2.06 bits per heavy atom. The maximum absolute atomic E-state index is 3.68. The molecule has 0 bridgehead atoms. The molecule has 18 heavy (non-hydrogen) atoms. The van der Waals surface area contributed by atoms with Crippen molar-refractivity contribution in [3.8, 4) is 0 Å². The van der Waals surface area contributed by atoms with E-state index in [9.17, 15) is 0 Å². The number of hydrogen-bond donors (Lipinski definition) is 1. The molecule has 0 aromatic heterocycles. The number of unbranched alkanes of at least 4 members (excludes halogenated alkanes) is 1. The van der Waals surface area contributed by atoms with E-state index in [2.05, 4.69) is 37.9 Å². The van der Waals surface area contributed by atoms with Crippen molar-refractivity contribution in [1.82, 2.24) is 10.2 Å². The predicted molar refractivity (Wildman–Crippen MR) is 81.0 cm³/mol. The van der Waals surface area contributed by atoms with Gasteiger partial charge in [-0.15, -0.1) is 0 Å². The molecule has 0 spiro atoms. The van der Waals surface area contributed by atoms with Gasteiger partial charge in [0.1, 0.15) is 0 Å². The largest absolute Gasteiger partial charge is 0.314 e. The molecule has 1 fully saturated rings. The van der Waals surface area contributed by atoms with E-state index in [4.69, 9.17) is 0 Å². The number of piperidine rings is 1. The van der Waals surface area contributed by atoms with Gasteiger partial charge in [0.15, 0.2) is 0 Å². The Labute approximate surface area is 115 Å². The zero-order chi connectivity index (χ0) is 13.4. The van der Waals surface area contributed by atoms with Crippen LogP contribution in [0.2, 0.25) is 0 Å². The first-order valence-corrected chi connectivity index (χ1v) is 8.11. The van der Waals surface area contributed by atoms with Crippen molar-refractivity contribution >= 4 is 0 Å². The van der Waals surface area contributed by atoms with Crippen LogP contribution in [0.3, 0.4) is 0 Å². The third-order valence-corrected chi connectivity index (χ3v) is 4.17. The van der Waals surface area contributed by atoms with Gasteiger partial charge in [-0.3, -0.25) is 0 Å². The summed E-state index contributed by atoms with van der Waals surface area (Å²) in [5.41, 5.74) is 0. The summed E-state index contributed by atoms with van der Waals surface area (Å²) in [7, 11) is 0. The Kier molecular flexibility index (Phi) is 7.92. The lowest BCUT2D eigenvalue weighted by Crippen LogP contribution is -2.47. The first-order valence-electron chi connectivity index (χ1n) is 8.11. The molecular formula is C16H34N2. The van der Waals surface area contributed by atoms with Crippen LogP contribution in [0.1, 0.15) is 66.2 Å². The molecule has 2 heteroatoms. The quantitative estimate of drug-likeness (QED) is 0.665. The minimum atomic E-state index is 0.770. The van der Waals surface area contributed by atoms with Gasteiger partial charge < -0.3 is 10.2 Å². The van der Waals surface area contributed by atoms with Crippen LogP contribution >= 0.6 is 0 Å². The summed E-state index contributed by atoms with van der Waals surface area (Å²) in [5.74, 6) is 0.867. The van der Waals surface area contributed by atoms with Crippen LogP contribution in [-0.4, -0.2) is 36.6 Å². The lowest BCUT2D eigenvalue weighted by molar-refractivity contribution is 0.133. The minimum Gasteiger partial charge on any atom is -0.314 e. The normalized spacial score (nSPS) is 25.8. The fraction of sp³-hybridized carbons (Fsp3) is 1.00. The van der Waals surface area contributed by atoms with Gasteiger partial charge in [-0.05, 0) is 58.2 Å². The number of hydrogen-bond acceptors (Lipinski definition) is 2. The molecule has 0 aliphatic carbocycles. The number of nitrogens with one attached hydrogen (secondary N) is 1. The highest BCUT2D eigenvalue weighted by Gasteiger charge is 2.24. The topological polar surface area (TPSA) is 15.3 Å². The van der Waals surface area contributed by atoms with Gasteiger partial charge in [0.25, 0.3) is 0 Å². The summed E-state index contributed by atoms with van der Waals surface area (Å²) >= 11 is 0. The van der Waals surface area contributed by atoms with Gasteiger partial charge in [0.2, 0.25) is 0 Å². The van der Waals surface area contributed by atoms with Crippen LogP contribution in [0.4, 0.5) is 0 Å². The lowest BCUT2D eigenvalue weighted by atomic mass is 9.97. The maximum atomic E-state index is 3.68. The van der Waals surface area contributed by atoms with Crippen LogP contribution in [-0.2, 0) is 0 Å². The summed E-state index contributed by atoms with van der Waals surface area (Å²) in [6.45, 7) is 13.1. The fourth-order valence-electron chi connectivity index (χ4n) is 2.95. The van der Waals surface area contributed by atoms with Gasteiger partial charge in [-0.2, -0.15) is 0 Å². The second kappa shape index (κ2) is 8.92. The molecule has 1 aliphatic heterocycles. The van der Waals surface area contributed by atoms with Gasteiger partial charge in [0, 0.05) is 12.1 Å². The smallest absolute Gasteiger partial charge is 0.00940 e. The highest BCUT2D eigenvalue weighted by molar-refractivity contribution is 4.82. The zero-order valence-corrected chi connectivity index (χ0v) is 13.0. The second-order valence-corrected chi connectivity index (χ2v) is 6.45. The zero-order valence-electron chi connectivity index (χ0n) is 13.0. The fourth-order valence-corrected chi connectivity index (χ4v) is 2.95. The minimum absolute atomic E-state index is 0.770. The summed E-state index contributed by atoms with van der Waals surface area (Å²) in [6, 6.07) is 1.54. The van der Waals surface area contributed by atoms with Gasteiger partial charge in [-0.25, -0.2) is 0 Å². The third kappa shape index (κ3) is 6.19. The molecule has 0 aromatic carbocycles. The van der Waals surface area contributed by atoms with Gasteiger partial charge in [-0.1, -0.05) is 33.6 Å². The van der Waals surface area contributed by atoms with Gasteiger partial charge >= 0.3 is 0 Å². The molecule has 1 N–H and O–H groups in total. The van der Waals surface area contributed by atoms with E-state index in [1.165, 1.54) is 58.2 Å². The van der Waals surface area contributed by atoms with Crippen molar-refractivity contribution in [2.24, 2.45) is 5.92 Å². The standard InChI is InChI=1S/C16H34N2/c1-5-10-17-16-9-12-18(15(4)13-16)11-7-6-8-14(2)3/h14-17H,5-13H2,1-4H3. The molecule has 1 heterocycles. The number of likely N-dealkylation sites (tertiary alicyclic amines) is 1. The summed E-state index contributed by atoms with van der Waals surface area (Å²) in [6.07, 6.45) is 8.11. The highest BCUT2D eigenvalue weighted by atomic mass is 15.2. The number of nitrogens with zero attached hydrogens (tertiary/aromatic N) is 1. The second-order valence-electron chi connectivity index (χ2n) is 6.45. The molecule has 0 amide bonds. The Hall–Kier alpha value is -0.0800. The monoisotopic (exact) mass is 254 g/mol.